The van der Waals surface area contributed by atoms with Crippen LogP contribution in [0.2, 0.25) is 0 Å². The van der Waals surface area contributed by atoms with Crippen molar-refractivity contribution in [2.24, 2.45) is 0 Å². The van der Waals surface area contributed by atoms with Gasteiger partial charge in [0.25, 0.3) is 5.91 Å². The fraction of sp³-hybridized carbons (Fsp3) is 0.100. The SMILES string of the molecule is O=C(Nc1ccc(-c2ccncc2)cc1)[C@H](O)Cc1ccccc1. The first kappa shape index (κ1) is 15.9. The second kappa shape index (κ2) is 7.53. The van der Waals surface area contributed by atoms with Gasteiger partial charge >= 0.3 is 0 Å². The summed E-state index contributed by atoms with van der Waals surface area (Å²) in [6.07, 6.45) is 2.70. The molecule has 0 saturated carbocycles. The first-order valence-electron chi connectivity index (χ1n) is 7.76. The van der Waals surface area contributed by atoms with Gasteiger partial charge < -0.3 is 10.4 Å². The first-order chi connectivity index (χ1) is 11.7. The Balaban J connectivity index is 1.62. The van der Waals surface area contributed by atoms with Crippen molar-refractivity contribution in [3.63, 3.8) is 0 Å². The van der Waals surface area contributed by atoms with Crippen molar-refractivity contribution in [1.82, 2.24) is 4.98 Å². The number of carbonyl (C=O) groups is 1. The molecule has 4 nitrogen and oxygen atoms in total. The second-order valence-corrected chi connectivity index (χ2v) is 5.51. The van der Waals surface area contributed by atoms with E-state index in [0.717, 1.165) is 16.7 Å². The molecule has 0 aliphatic carbocycles. The topological polar surface area (TPSA) is 62.2 Å². The van der Waals surface area contributed by atoms with E-state index in [0.29, 0.717) is 12.1 Å². The van der Waals surface area contributed by atoms with Crippen LogP contribution >= 0.6 is 0 Å². The van der Waals surface area contributed by atoms with Crippen LogP contribution in [0.1, 0.15) is 5.56 Å². The van der Waals surface area contributed by atoms with Gasteiger partial charge in [0.2, 0.25) is 0 Å². The smallest absolute Gasteiger partial charge is 0.253 e. The van der Waals surface area contributed by atoms with Gasteiger partial charge in [0.1, 0.15) is 6.10 Å². The maximum absolute atomic E-state index is 12.1. The molecule has 120 valence electrons. The summed E-state index contributed by atoms with van der Waals surface area (Å²) in [7, 11) is 0. The fourth-order valence-electron chi connectivity index (χ4n) is 2.45. The van der Waals surface area contributed by atoms with E-state index in [1.807, 2.05) is 66.7 Å². The highest BCUT2D eigenvalue weighted by atomic mass is 16.3. The minimum atomic E-state index is -1.08. The number of amides is 1. The molecular formula is C20H18N2O2. The molecular weight excluding hydrogens is 300 g/mol. The molecule has 1 heterocycles. The van der Waals surface area contributed by atoms with Crippen molar-refractivity contribution in [2.45, 2.75) is 12.5 Å². The number of nitrogens with one attached hydrogen (secondary N) is 1. The van der Waals surface area contributed by atoms with Crippen molar-refractivity contribution in [2.75, 3.05) is 5.32 Å². The molecule has 0 spiro atoms. The number of aromatic nitrogens is 1. The lowest BCUT2D eigenvalue weighted by molar-refractivity contribution is -0.123. The van der Waals surface area contributed by atoms with Crippen LogP contribution in [0, 0.1) is 0 Å². The fourth-order valence-corrected chi connectivity index (χ4v) is 2.45. The maximum Gasteiger partial charge on any atom is 0.253 e. The largest absolute Gasteiger partial charge is 0.383 e. The van der Waals surface area contributed by atoms with Crippen LogP contribution < -0.4 is 5.32 Å². The van der Waals surface area contributed by atoms with Gasteiger partial charge in [0.05, 0.1) is 0 Å². The molecule has 0 bridgehead atoms. The van der Waals surface area contributed by atoms with Crippen LogP contribution in [0.15, 0.2) is 79.1 Å². The van der Waals surface area contributed by atoms with Crippen LogP contribution in [-0.4, -0.2) is 22.1 Å². The van der Waals surface area contributed by atoms with E-state index >= 15 is 0 Å². The molecule has 1 amide bonds. The molecule has 2 N–H and O–H groups in total. The Bertz CT molecular complexity index is 787. The minimum absolute atomic E-state index is 0.293. The Morgan fingerprint density at radius 2 is 1.54 bits per heavy atom. The number of aliphatic hydroxyl groups excluding tert-OH is 1. The minimum Gasteiger partial charge on any atom is -0.383 e. The lowest BCUT2D eigenvalue weighted by atomic mass is 10.1. The molecule has 0 radical (unpaired) electrons. The number of benzene rings is 2. The van der Waals surface area contributed by atoms with Crippen molar-refractivity contribution in [3.05, 3.63) is 84.7 Å². The summed E-state index contributed by atoms with van der Waals surface area (Å²) in [5, 5.41) is 12.8. The molecule has 24 heavy (non-hydrogen) atoms. The molecule has 3 rings (SSSR count). The Kier molecular flexibility index (Phi) is 4.99. The summed E-state index contributed by atoms with van der Waals surface area (Å²) in [5.41, 5.74) is 3.69. The summed E-state index contributed by atoms with van der Waals surface area (Å²) in [6.45, 7) is 0. The monoisotopic (exact) mass is 318 g/mol. The van der Waals surface area contributed by atoms with E-state index in [1.165, 1.54) is 0 Å². The number of aliphatic hydroxyl groups is 1. The lowest BCUT2D eigenvalue weighted by Crippen LogP contribution is -2.29. The number of anilines is 1. The summed E-state index contributed by atoms with van der Waals surface area (Å²) >= 11 is 0. The molecule has 3 aromatic rings. The van der Waals surface area contributed by atoms with E-state index in [9.17, 15) is 9.90 Å². The molecule has 0 fully saturated rings. The second-order valence-electron chi connectivity index (χ2n) is 5.51. The van der Waals surface area contributed by atoms with Crippen molar-refractivity contribution >= 4 is 11.6 Å². The lowest BCUT2D eigenvalue weighted by Gasteiger charge is -2.12. The van der Waals surface area contributed by atoms with E-state index in [4.69, 9.17) is 0 Å². The summed E-state index contributed by atoms with van der Waals surface area (Å²) in [5.74, 6) is -0.407. The average molecular weight is 318 g/mol. The molecule has 0 saturated heterocycles. The zero-order chi connectivity index (χ0) is 16.8. The number of rotatable bonds is 5. The zero-order valence-electron chi connectivity index (χ0n) is 13.1. The van der Waals surface area contributed by atoms with Crippen LogP contribution in [0.3, 0.4) is 0 Å². The Morgan fingerprint density at radius 3 is 2.21 bits per heavy atom. The zero-order valence-corrected chi connectivity index (χ0v) is 13.1. The highest BCUT2D eigenvalue weighted by Gasteiger charge is 2.15. The van der Waals surface area contributed by atoms with Crippen molar-refractivity contribution in [3.8, 4) is 11.1 Å². The Hall–Kier alpha value is -2.98. The Labute approximate surface area is 140 Å². The molecule has 2 aromatic carbocycles. The third kappa shape index (κ3) is 4.06. The molecule has 1 atom stereocenters. The quantitative estimate of drug-likeness (QED) is 0.759. The number of pyridine rings is 1. The molecule has 1 aromatic heterocycles. The van der Waals surface area contributed by atoms with E-state index in [-0.39, 0.29) is 0 Å². The highest BCUT2D eigenvalue weighted by Crippen LogP contribution is 2.20. The summed E-state index contributed by atoms with van der Waals surface area (Å²) in [4.78, 5) is 16.1. The van der Waals surface area contributed by atoms with E-state index in [1.54, 1.807) is 12.4 Å². The number of carbonyl (C=O) groups excluding carboxylic acids is 1. The third-order valence-corrected chi connectivity index (χ3v) is 3.74. The van der Waals surface area contributed by atoms with Crippen LogP contribution in [-0.2, 0) is 11.2 Å². The predicted octanol–water partition coefficient (Wildman–Crippen LogP) is 3.29. The van der Waals surface area contributed by atoms with Crippen molar-refractivity contribution in [1.29, 1.82) is 0 Å². The first-order valence-corrected chi connectivity index (χ1v) is 7.76. The third-order valence-electron chi connectivity index (χ3n) is 3.74. The number of hydrogen-bond acceptors (Lipinski definition) is 3. The average Bonchev–Trinajstić information content (AvgIpc) is 2.64. The molecule has 0 unspecified atom stereocenters. The highest BCUT2D eigenvalue weighted by molar-refractivity contribution is 5.94. The molecule has 0 aliphatic heterocycles. The number of hydrogen-bond donors (Lipinski definition) is 2. The van der Waals surface area contributed by atoms with Gasteiger partial charge in [-0.1, -0.05) is 42.5 Å². The van der Waals surface area contributed by atoms with E-state index in [2.05, 4.69) is 10.3 Å². The van der Waals surface area contributed by atoms with Crippen LogP contribution in [0.5, 0.6) is 0 Å². The Morgan fingerprint density at radius 1 is 0.917 bits per heavy atom. The van der Waals surface area contributed by atoms with Crippen LogP contribution in [0.25, 0.3) is 11.1 Å². The predicted molar refractivity (Wildman–Crippen MR) is 94.5 cm³/mol. The van der Waals surface area contributed by atoms with Gasteiger partial charge in [-0.15, -0.1) is 0 Å². The van der Waals surface area contributed by atoms with Crippen LogP contribution in [0.4, 0.5) is 5.69 Å². The van der Waals surface area contributed by atoms with Gasteiger partial charge in [-0.05, 0) is 41.0 Å². The standard InChI is InChI=1S/C20H18N2O2/c23-19(14-15-4-2-1-3-5-15)20(24)22-18-8-6-16(7-9-18)17-10-12-21-13-11-17/h1-13,19,23H,14H2,(H,22,24)/t19-/m1/s1. The van der Waals surface area contributed by atoms with Gasteiger partial charge in [-0.3, -0.25) is 9.78 Å². The summed E-state index contributed by atoms with van der Waals surface area (Å²) in [6, 6.07) is 20.8. The van der Waals surface area contributed by atoms with Gasteiger partial charge in [0.15, 0.2) is 0 Å². The summed E-state index contributed by atoms with van der Waals surface area (Å²) < 4.78 is 0. The number of nitrogens with zero attached hydrogens (tertiary/aromatic N) is 1. The maximum atomic E-state index is 12.1. The van der Waals surface area contributed by atoms with Gasteiger partial charge in [-0.25, -0.2) is 0 Å². The van der Waals surface area contributed by atoms with Gasteiger partial charge in [-0.2, -0.15) is 0 Å². The van der Waals surface area contributed by atoms with E-state index < -0.39 is 12.0 Å². The molecule has 0 aliphatic rings. The van der Waals surface area contributed by atoms with Gasteiger partial charge in [0, 0.05) is 24.5 Å². The molecule has 4 heteroatoms. The normalized spacial score (nSPS) is 11.7. The van der Waals surface area contributed by atoms with Crippen molar-refractivity contribution < 1.29 is 9.90 Å².